The summed E-state index contributed by atoms with van der Waals surface area (Å²) in [6, 6.07) is 8.41. The number of hydrogen-bond acceptors (Lipinski definition) is 3. The molecular formula is C11H14N2O3. The Bertz CT molecular complexity index is 365. The molecule has 0 aliphatic carbocycles. The van der Waals surface area contributed by atoms with E-state index in [1.165, 1.54) is 0 Å². The van der Waals surface area contributed by atoms with Crippen molar-refractivity contribution in [1.82, 2.24) is 5.32 Å². The maximum absolute atomic E-state index is 11.1. The Morgan fingerprint density at radius 1 is 1.31 bits per heavy atom. The summed E-state index contributed by atoms with van der Waals surface area (Å²) in [5.74, 6) is -1.33. The van der Waals surface area contributed by atoms with Gasteiger partial charge in [-0.2, -0.15) is 0 Å². The lowest BCUT2D eigenvalue weighted by molar-refractivity contribution is -0.137. The predicted molar refractivity (Wildman–Crippen MR) is 58.6 cm³/mol. The summed E-state index contributed by atoms with van der Waals surface area (Å²) >= 11 is 0. The van der Waals surface area contributed by atoms with Gasteiger partial charge in [-0.3, -0.25) is 9.59 Å². The zero-order valence-electron chi connectivity index (χ0n) is 8.72. The highest BCUT2D eigenvalue weighted by atomic mass is 16.4. The summed E-state index contributed by atoms with van der Waals surface area (Å²) in [6.45, 7) is -0.150. The lowest BCUT2D eigenvalue weighted by Gasteiger charge is -2.16. The Morgan fingerprint density at radius 2 is 1.94 bits per heavy atom. The molecule has 1 atom stereocenters. The Labute approximate surface area is 93.3 Å². The van der Waals surface area contributed by atoms with E-state index in [9.17, 15) is 9.59 Å². The number of hydrogen-bond donors (Lipinski definition) is 3. The van der Waals surface area contributed by atoms with Crippen LogP contribution in [0.15, 0.2) is 30.3 Å². The second-order valence-electron chi connectivity index (χ2n) is 3.33. The van der Waals surface area contributed by atoms with Crippen molar-refractivity contribution in [3.8, 4) is 0 Å². The van der Waals surface area contributed by atoms with Gasteiger partial charge in [0.25, 0.3) is 0 Å². The number of carbonyl (C=O) groups excluding carboxylic acids is 1. The van der Waals surface area contributed by atoms with Gasteiger partial charge in [0.2, 0.25) is 5.91 Å². The van der Waals surface area contributed by atoms with Gasteiger partial charge in [0.1, 0.15) is 0 Å². The zero-order chi connectivity index (χ0) is 12.0. The maximum atomic E-state index is 11.1. The Hall–Kier alpha value is -1.88. The number of aliphatic carboxylic acids is 1. The molecule has 0 radical (unpaired) electrons. The Morgan fingerprint density at radius 3 is 2.44 bits per heavy atom. The Balaban J connectivity index is 2.79. The van der Waals surface area contributed by atoms with Crippen molar-refractivity contribution in [2.45, 2.75) is 12.5 Å². The number of carboxylic acid groups (broad SMARTS) is 1. The summed E-state index contributed by atoms with van der Waals surface area (Å²) in [6.07, 6.45) is -0.157. The van der Waals surface area contributed by atoms with Crippen molar-refractivity contribution in [3.63, 3.8) is 0 Å². The van der Waals surface area contributed by atoms with Crippen LogP contribution in [-0.4, -0.2) is 23.5 Å². The molecule has 0 spiro atoms. The van der Waals surface area contributed by atoms with Gasteiger partial charge in [0.15, 0.2) is 0 Å². The van der Waals surface area contributed by atoms with Crippen molar-refractivity contribution >= 4 is 11.9 Å². The fourth-order valence-electron chi connectivity index (χ4n) is 1.37. The second-order valence-corrected chi connectivity index (χ2v) is 3.33. The normalized spacial score (nSPS) is 11.8. The minimum atomic E-state index is -0.967. The van der Waals surface area contributed by atoms with E-state index in [1.54, 1.807) is 24.3 Å². The quantitative estimate of drug-likeness (QED) is 0.667. The van der Waals surface area contributed by atoms with Crippen molar-refractivity contribution in [3.05, 3.63) is 35.9 Å². The fraction of sp³-hybridized carbons (Fsp3) is 0.273. The summed E-state index contributed by atoms with van der Waals surface area (Å²) < 4.78 is 0. The van der Waals surface area contributed by atoms with Gasteiger partial charge in [-0.05, 0) is 5.56 Å². The second kappa shape index (κ2) is 5.87. The molecule has 1 rings (SSSR count). The lowest BCUT2D eigenvalue weighted by atomic mass is 10.0. The topological polar surface area (TPSA) is 92.4 Å². The van der Waals surface area contributed by atoms with E-state index in [0.717, 1.165) is 5.56 Å². The first-order chi connectivity index (χ1) is 7.63. The van der Waals surface area contributed by atoms with Crippen molar-refractivity contribution in [1.29, 1.82) is 0 Å². The molecule has 4 N–H and O–H groups in total. The van der Waals surface area contributed by atoms with E-state index in [1.807, 2.05) is 6.07 Å². The predicted octanol–water partition coefficient (Wildman–Crippen LogP) is 0.277. The first-order valence-corrected chi connectivity index (χ1v) is 4.89. The zero-order valence-corrected chi connectivity index (χ0v) is 8.72. The molecule has 0 saturated heterocycles. The molecule has 0 aromatic heterocycles. The van der Waals surface area contributed by atoms with Crippen LogP contribution in [0, 0.1) is 0 Å². The van der Waals surface area contributed by atoms with Gasteiger partial charge < -0.3 is 16.2 Å². The standard InChI is InChI=1S/C11H14N2O3/c12-7-10(14)13-9(6-11(15)16)8-4-2-1-3-5-8/h1-5,9H,6-7,12H2,(H,13,14)(H,15,16)/t9-/m1/s1. The third-order valence-corrected chi connectivity index (χ3v) is 2.10. The van der Waals surface area contributed by atoms with E-state index in [4.69, 9.17) is 10.8 Å². The van der Waals surface area contributed by atoms with E-state index < -0.39 is 12.0 Å². The fourth-order valence-corrected chi connectivity index (χ4v) is 1.37. The SMILES string of the molecule is NCC(=O)N[C@H](CC(=O)O)c1ccccc1. The average Bonchev–Trinajstić information content (AvgIpc) is 2.28. The van der Waals surface area contributed by atoms with Crippen LogP contribution in [0.3, 0.4) is 0 Å². The number of amides is 1. The van der Waals surface area contributed by atoms with Crippen LogP contribution in [0.4, 0.5) is 0 Å². The van der Waals surface area contributed by atoms with Gasteiger partial charge >= 0.3 is 5.97 Å². The number of carbonyl (C=O) groups is 2. The van der Waals surface area contributed by atoms with Crippen LogP contribution in [0.1, 0.15) is 18.0 Å². The van der Waals surface area contributed by atoms with E-state index >= 15 is 0 Å². The van der Waals surface area contributed by atoms with Gasteiger partial charge in [0, 0.05) is 0 Å². The third-order valence-electron chi connectivity index (χ3n) is 2.10. The van der Waals surface area contributed by atoms with Crippen LogP contribution in [0.2, 0.25) is 0 Å². The summed E-state index contributed by atoms with van der Waals surface area (Å²) in [5, 5.41) is 11.3. The maximum Gasteiger partial charge on any atom is 0.305 e. The monoisotopic (exact) mass is 222 g/mol. The summed E-state index contributed by atoms with van der Waals surface area (Å²) in [7, 11) is 0. The smallest absolute Gasteiger partial charge is 0.305 e. The summed E-state index contributed by atoms with van der Waals surface area (Å²) in [4.78, 5) is 21.8. The largest absolute Gasteiger partial charge is 0.481 e. The molecule has 1 amide bonds. The van der Waals surface area contributed by atoms with Crippen LogP contribution < -0.4 is 11.1 Å². The minimum absolute atomic E-state index is 0.150. The molecule has 0 unspecified atom stereocenters. The van der Waals surface area contributed by atoms with Gasteiger partial charge in [0.05, 0.1) is 19.0 Å². The first kappa shape index (κ1) is 12.2. The number of benzene rings is 1. The van der Waals surface area contributed by atoms with Crippen LogP contribution in [-0.2, 0) is 9.59 Å². The molecule has 1 aromatic rings. The molecule has 1 aromatic carbocycles. The van der Waals surface area contributed by atoms with Gasteiger partial charge in [-0.1, -0.05) is 30.3 Å². The number of nitrogens with two attached hydrogens (primary N) is 1. The number of nitrogens with one attached hydrogen (secondary N) is 1. The molecule has 5 nitrogen and oxygen atoms in total. The third kappa shape index (κ3) is 3.70. The molecule has 0 aliphatic rings. The number of carboxylic acids is 1. The highest BCUT2D eigenvalue weighted by molar-refractivity contribution is 5.79. The molecule has 0 fully saturated rings. The van der Waals surface area contributed by atoms with Crippen molar-refractivity contribution < 1.29 is 14.7 Å². The van der Waals surface area contributed by atoms with Crippen LogP contribution >= 0.6 is 0 Å². The van der Waals surface area contributed by atoms with Crippen molar-refractivity contribution in [2.75, 3.05) is 6.54 Å². The lowest BCUT2D eigenvalue weighted by Crippen LogP contribution is -2.34. The van der Waals surface area contributed by atoms with E-state index in [0.29, 0.717) is 0 Å². The van der Waals surface area contributed by atoms with Gasteiger partial charge in [-0.25, -0.2) is 0 Å². The highest BCUT2D eigenvalue weighted by Crippen LogP contribution is 2.15. The minimum Gasteiger partial charge on any atom is -0.481 e. The number of rotatable bonds is 5. The van der Waals surface area contributed by atoms with Gasteiger partial charge in [-0.15, -0.1) is 0 Å². The van der Waals surface area contributed by atoms with Crippen molar-refractivity contribution in [2.24, 2.45) is 5.73 Å². The molecule has 0 saturated carbocycles. The van der Waals surface area contributed by atoms with Crippen LogP contribution in [0.25, 0.3) is 0 Å². The molecule has 0 aliphatic heterocycles. The highest BCUT2D eigenvalue weighted by Gasteiger charge is 2.16. The van der Waals surface area contributed by atoms with E-state index in [-0.39, 0.29) is 18.9 Å². The van der Waals surface area contributed by atoms with Crippen LogP contribution in [0.5, 0.6) is 0 Å². The molecule has 16 heavy (non-hydrogen) atoms. The molecule has 0 bridgehead atoms. The average molecular weight is 222 g/mol. The molecule has 5 heteroatoms. The van der Waals surface area contributed by atoms with E-state index in [2.05, 4.69) is 5.32 Å². The molecule has 0 heterocycles. The first-order valence-electron chi connectivity index (χ1n) is 4.89. The summed E-state index contributed by atoms with van der Waals surface area (Å²) in [5.41, 5.74) is 5.93. The Kier molecular flexibility index (Phi) is 4.47. The molecular weight excluding hydrogens is 208 g/mol. The molecule has 86 valence electrons.